The normalized spacial score (nSPS) is 9.93. The summed E-state index contributed by atoms with van der Waals surface area (Å²) in [5.41, 5.74) is 8.93. The van der Waals surface area contributed by atoms with Crippen molar-refractivity contribution >= 4 is 17.7 Å². The first kappa shape index (κ1) is 11.9. The second-order valence-electron chi connectivity index (χ2n) is 3.22. The third kappa shape index (κ3) is 3.15. The number of hydrogen-bond acceptors (Lipinski definition) is 4. The molecular weight excluding hydrogens is 208 g/mol. The Morgan fingerprint density at radius 3 is 2.87 bits per heavy atom. The smallest absolute Gasteiger partial charge is 0.101 e. The van der Waals surface area contributed by atoms with Crippen LogP contribution in [0.4, 0.5) is 5.69 Å². The average molecular weight is 222 g/mol. The Morgan fingerprint density at radius 1 is 1.53 bits per heavy atom. The molecule has 15 heavy (non-hydrogen) atoms. The van der Waals surface area contributed by atoms with E-state index in [0.717, 1.165) is 17.5 Å². The Bertz CT molecular complexity index is 385. The Kier molecular flexibility index (Phi) is 4.47. The Hall–Kier alpha value is -1.18. The van der Waals surface area contributed by atoms with Crippen molar-refractivity contribution in [1.82, 2.24) is 0 Å². The zero-order valence-corrected chi connectivity index (χ0v) is 9.73. The second kappa shape index (κ2) is 5.64. The van der Waals surface area contributed by atoms with Crippen molar-refractivity contribution in [2.45, 2.75) is 13.3 Å². The monoisotopic (exact) mass is 222 g/mol. The molecule has 0 aliphatic rings. The van der Waals surface area contributed by atoms with Crippen molar-refractivity contribution in [1.29, 1.82) is 5.26 Å². The van der Waals surface area contributed by atoms with Gasteiger partial charge in [0, 0.05) is 6.26 Å². The van der Waals surface area contributed by atoms with Gasteiger partial charge in [-0.1, -0.05) is 6.07 Å². The van der Waals surface area contributed by atoms with E-state index in [1.807, 2.05) is 25.3 Å². The van der Waals surface area contributed by atoms with Gasteiger partial charge >= 0.3 is 0 Å². The molecule has 0 aliphatic carbocycles. The van der Waals surface area contributed by atoms with Crippen LogP contribution in [0.3, 0.4) is 0 Å². The minimum absolute atomic E-state index is 0.550. The van der Waals surface area contributed by atoms with E-state index in [2.05, 4.69) is 6.07 Å². The van der Waals surface area contributed by atoms with Crippen LogP contribution in [0.25, 0.3) is 0 Å². The first-order valence-electron chi connectivity index (χ1n) is 4.63. The Morgan fingerprint density at radius 2 is 2.27 bits per heavy atom. The lowest BCUT2D eigenvalue weighted by Crippen LogP contribution is -1.99. The van der Waals surface area contributed by atoms with Gasteiger partial charge < -0.3 is 9.92 Å². The molecule has 0 spiro atoms. The highest BCUT2D eigenvalue weighted by Crippen LogP contribution is 2.19. The molecule has 0 saturated heterocycles. The van der Waals surface area contributed by atoms with Gasteiger partial charge in [-0.15, -0.1) is 0 Å². The molecule has 3 nitrogen and oxygen atoms in total. The first-order valence-corrected chi connectivity index (χ1v) is 5.78. The molecule has 0 amide bonds. The van der Waals surface area contributed by atoms with Crippen LogP contribution in [-0.4, -0.2) is 12.9 Å². The topological polar surface area (TPSA) is 59.0 Å². The SMILES string of the molecule is CSOCCc1cc(C)c(N)c(C#N)c1. The maximum Gasteiger partial charge on any atom is 0.101 e. The van der Waals surface area contributed by atoms with Gasteiger partial charge in [0.2, 0.25) is 0 Å². The van der Waals surface area contributed by atoms with Gasteiger partial charge in [0.1, 0.15) is 6.07 Å². The van der Waals surface area contributed by atoms with Crippen LogP contribution in [0, 0.1) is 18.3 Å². The van der Waals surface area contributed by atoms with Crippen LogP contribution in [-0.2, 0) is 10.6 Å². The molecule has 0 bridgehead atoms. The Balaban J connectivity index is 2.83. The first-order chi connectivity index (χ1) is 7.19. The fourth-order valence-electron chi connectivity index (χ4n) is 1.35. The number of aryl methyl sites for hydroxylation is 1. The number of nitrogens with zero attached hydrogens (tertiary/aromatic N) is 1. The number of nitriles is 1. The highest BCUT2D eigenvalue weighted by molar-refractivity contribution is 7.93. The lowest BCUT2D eigenvalue weighted by molar-refractivity contribution is 0.381. The van der Waals surface area contributed by atoms with Gasteiger partial charge in [0.15, 0.2) is 0 Å². The fraction of sp³-hybridized carbons (Fsp3) is 0.364. The predicted molar refractivity (Wildman–Crippen MR) is 63.5 cm³/mol. The molecule has 1 rings (SSSR count). The van der Waals surface area contributed by atoms with Gasteiger partial charge in [0.05, 0.1) is 17.9 Å². The molecule has 80 valence electrons. The molecule has 2 N–H and O–H groups in total. The van der Waals surface area contributed by atoms with Crippen LogP contribution in [0.15, 0.2) is 12.1 Å². The molecular formula is C11H14N2OS. The summed E-state index contributed by atoms with van der Waals surface area (Å²) in [5.74, 6) is 0. The van der Waals surface area contributed by atoms with E-state index >= 15 is 0 Å². The van der Waals surface area contributed by atoms with E-state index in [0.29, 0.717) is 17.9 Å². The summed E-state index contributed by atoms with van der Waals surface area (Å²) in [6.45, 7) is 2.56. The molecule has 0 radical (unpaired) electrons. The molecule has 0 aliphatic heterocycles. The summed E-state index contributed by atoms with van der Waals surface area (Å²) in [7, 11) is 0. The molecule has 0 saturated carbocycles. The fourth-order valence-corrected chi connectivity index (χ4v) is 1.60. The predicted octanol–water partition coefficient (Wildman–Crippen LogP) is 2.29. The number of anilines is 1. The largest absolute Gasteiger partial charge is 0.397 e. The number of hydrogen-bond donors (Lipinski definition) is 1. The van der Waals surface area contributed by atoms with Crippen LogP contribution < -0.4 is 5.73 Å². The summed E-state index contributed by atoms with van der Waals surface area (Å²) in [6, 6.07) is 5.92. The third-order valence-corrected chi connectivity index (χ3v) is 2.56. The van der Waals surface area contributed by atoms with Crippen LogP contribution in [0.2, 0.25) is 0 Å². The van der Waals surface area contributed by atoms with Gasteiger partial charge in [-0.3, -0.25) is 0 Å². The van der Waals surface area contributed by atoms with Crippen molar-refractivity contribution in [2.75, 3.05) is 18.6 Å². The lowest BCUT2D eigenvalue weighted by atomic mass is 10.0. The maximum absolute atomic E-state index is 8.87. The van der Waals surface area contributed by atoms with E-state index in [9.17, 15) is 0 Å². The summed E-state index contributed by atoms with van der Waals surface area (Å²) >= 11 is 1.35. The highest BCUT2D eigenvalue weighted by Gasteiger charge is 2.04. The van der Waals surface area contributed by atoms with Crippen LogP contribution in [0.1, 0.15) is 16.7 Å². The molecule has 1 aromatic rings. The highest BCUT2D eigenvalue weighted by atomic mass is 32.2. The second-order valence-corrected chi connectivity index (χ2v) is 3.79. The standard InChI is InChI=1S/C11H14N2OS/c1-8-5-9(3-4-14-15-2)6-10(7-12)11(8)13/h5-6H,3-4,13H2,1-2H3. The zero-order chi connectivity index (χ0) is 11.3. The van der Waals surface area contributed by atoms with E-state index in [4.69, 9.17) is 15.2 Å². The van der Waals surface area contributed by atoms with E-state index in [1.165, 1.54) is 12.0 Å². The summed E-state index contributed by atoms with van der Waals surface area (Å²) in [5, 5.41) is 8.87. The zero-order valence-electron chi connectivity index (χ0n) is 8.91. The van der Waals surface area contributed by atoms with Crippen LogP contribution >= 0.6 is 12.0 Å². The number of nitrogen functional groups attached to an aromatic ring is 1. The summed E-state index contributed by atoms with van der Waals surface area (Å²) in [4.78, 5) is 0. The third-order valence-electron chi connectivity index (χ3n) is 2.16. The van der Waals surface area contributed by atoms with Gasteiger partial charge in [0.25, 0.3) is 0 Å². The quantitative estimate of drug-likeness (QED) is 0.482. The molecule has 0 atom stereocenters. The van der Waals surface area contributed by atoms with Crippen molar-refractivity contribution in [3.8, 4) is 6.07 Å². The van der Waals surface area contributed by atoms with Gasteiger partial charge in [-0.25, -0.2) is 0 Å². The molecule has 1 aromatic carbocycles. The van der Waals surface area contributed by atoms with E-state index in [-0.39, 0.29) is 0 Å². The van der Waals surface area contributed by atoms with Gasteiger partial charge in [-0.2, -0.15) is 5.26 Å². The van der Waals surface area contributed by atoms with Gasteiger partial charge in [-0.05, 0) is 42.6 Å². The number of rotatable bonds is 4. The molecule has 0 unspecified atom stereocenters. The maximum atomic E-state index is 8.87. The molecule has 0 aromatic heterocycles. The number of nitrogens with two attached hydrogens (primary N) is 1. The molecule has 0 heterocycles. The van der Waals surface area contributed by atoms with Crippen LogP contribution in [0.5, 0.6) is 0 Å². The van der Waals surface area contributed by atoms with E-state index in [1.54, 1.807) is 0 Å². The molecule has 0 fully saturated rings. The Labute approximate surface area is 94.4 Å². The minimum atomic E-state index is 0.550. The summed E-state index contributed by atoms with van der Waals surface area (Å²) < 4.78 is 5.18. The van der Waals surface area contributed by atoms with Crippen molar-refractivity contribution in [3.05, 3.63) is 28.8 Å². The molecule has 4 heteroatoms. The average Bonchev–Trinajstić information content (AvgIpc) is 2.23. The van der Waals surface area contributed by atoms with Crippen molar-refractivity contribution in [3.63, 3.8) is 0 Å². The summed E-state index contributed by atoms with van der Waals surface area (Å²) in [6.07, 6.45) is 2.69. The minimum Gasteiger partial charge on any atom is -0.397 e. The lowest BCUT2D eigenvalue weighted by Gasteiger charge is -2.07. The van der Waals surface area contributed by atoms with Crippen molar-refractivity contribution in [2.24, 2.45) is 0 Å². The van der Waals surface area contributed by atoms with E-state index < -0.39 is 0 Å². The van der Waals surface area contributed by atoms with Crippen molar-refractivity contribution < 1.29 is 4.18 Å². The number of benzene rings is 1.